The van der Waals surface area contributed by atoms with E-state index in [-0.39, 0.29) is 27.9 Å². The predicted molar refractivity (Wildman–Crippen MR) is 75.9 cm³/mol. The molecule has 1 aliphatic rings. The van der Waals surface area contributed by atoms with Crippen molar-refractivity contribution in [2.75, 3.05) is 39.0 Å². The SMILES string of the molecule is CN1CCN(C(=O)c2cc(Cl)c(N)c([N+](=O)[O-])c2)CC1. The molecule has 1 aromatic carbocycles. The van der Waals surface area contributed by atoms with Gasteiger partial charge in [-0.25, -0.2) is 0 Å². The molecule has 1 saturated heterocycles. The molecule has 1 aromatic rings. The lowest BCUT2D eigenvalue weighted by molar-refractivity contribution is -0.383. The molecule has 1 fully saturated rings. The fourth-order valence-corrected chi connectivity index (χ4v) is 2.28. The van der Waals surface area contributed by atoms with E-state index in [1.54, 1.807) is 4.90 Å². The van der Waals surface area contributed by atoms with Crippen molar-refractivity contribution < 1.29 is 9.72 Å². The van der Waals surface area contributed by atoms with Crippen LogP contribution in [0.15, 0.2) is 12.1 Å². The van der Waals surface area contributed by atoms with Gasteiger partial charge < -0.3 is 15.5 Å². The second kappa shape index (κ2) is 5.64. The van der Waals surface area contributed by atoms with Gasteiger partial charge in [0.15, 0.2) is 0 Å². The third kappa shape index (κ3) is 2.83. The molecule has 0 bridgehead atoms. The van der Waals surface area contributed by atoms with Crippen LogP contribution in [0.1, 0.15) is 10.4 Å². The summed E-state index contributed by atoms with van der Waals surface area (Å²) in [5.41, 5.74) is 5.28. The third-order valence-corrected chi connectivity index (χ3v) is 3.65. The van der Waals surface area contributed by atoms with Crippen LogP contribution in [-0.4, -0.2) is 53.9 Å². The van der Waals surface area contributed by atoms with Crippen LogP contribution >= 0.6 is 11.6 Å². The summed E-state index contributed by atoms with van der Waals surface area (Å²) in [5.74, 6) is -0.261. The van der Waals surface area contributed by atoms with Crippen molar-refractivity contribution in [1.82, 2.24) is 9.80 Å². The molecule has 108 valence electrons. The van der Waals surface area contributed by atoms with Gasteiger partial charge in [-0.15, -0.1) is 0 Å². The van der Waals surface area contributed by atoms with Crippen LogP contribution in [0.5, 0.6) is 0 Å². The minimum Gasteiger partial charge on any atom is -0.392 e. The number of carbonyl (C=O) groups is 1. The molecule has 0 atom stereocenters. The van der Waals surface area contributed by atoms with Gasteiger partial charge in [0.1, 0.15) is 5.69 Å². The summed E-state index contributed by atoms with van der Waals surface area (Å²) in [6.45, 7) is 2.73. The van der Waals surface area contributed by atoms with Gasteiger partial charge in [-0.1, -0.05) is 11.6 Å². The Kier molecular flexibility index (Phi) is 4.10. The Labute approximate surface area is 121 Å². The number of benzene rings is 1. The molecule has 0 spiro atoms. The zero-order chi connectivity index (χ0) is 14.9. The molecule has 7 nitrogen and oxygen atoms in total. The highest BCUT2D eigenvalue weighted by atomic mass is 35.5. The number of nitrogens with zero attached hydrogens (tertiary/aromatic N) is 3. The van der Waals surface area contributed by atoms with E-state index < -0.39 is 4.92 Å². The summed E-state index contributed by atoms with van der Waals surface area (Å²) < 4.78 is 0. The van der Waals surface area contributed by atoms with Gasteiger partial charge in [-0.3, -0.25) is 14.9 Å². The molecule has 0 aliphatic carbocycles. The summed E-state index contributed by atoms with van der Waals surface area (Å²) >= 11 is 5.86. The number of nitro groups is 1. The van der Waals surface area contributed by atoms with E-state index in [2.05, 4.69) is 4.90 Å². The zero-order valence-electron chi connectivity index (χ0n) is 11.0. The van der Waals surface area contributed by atoms with Crippen molar-refractivity contribution in [2.24, 2.45) is 0 Å². The van der Waals surface area contributed by atoms with Gasteiger partial charge in [0, 0.05) is 37.8 Å². The molecule has 2 rings (SSSR count). The first kappa shape index (κ1) is 14.5. The molecule has 0 saturated carbocycles. The summed E-state index contributed by atoms with van der Waals surface area (Å²) in [5, 5.41) is 10.9. The first-order valence-electron chi connectivity index (χ1n) is 6.11. The van der Waals surface area contributed by atoms with Crippen LogP contribution in [0.25, 0.3) is 0 Å². The van der Waals surface area contributed by atoms with Gasteiger partial charge in [0.2, 0.25) is 0 Å². The maximum Gasteiger partial charge on any atom is 0.294 e. The second-order valence-corrected chi connectivity index (χ2v) is 5.15. The normalized spacial score (nSPS) is 16.2. The summed E-state index contributed by atoms with van der Waals surface area (Å²) in [4.78, 5) is 26.4. The quantitative estimate of drug-likeness (QED) is 0.503. The largest absolute Gasteiger partial charge is 0.392 e. The van der Waals surface area contributed by atoms with Gasteiger partial charge in [0.25, 0.3) is 11.6 Å². The number of nitro benzene ring substituents is 1. The first-order chi connectivity index (χ1) is 9.40. The van der Waals surface area contributed by atoms with E-state index in [0.717, 1.165) is 13.1 Å². The van der Waals surface area contributed by atoms with Crippen LogP contribution in [0.2, 0.25) is 5.02 Å². The van der Waals surface area contributed by atoms with Crippen LogP contribution < -0.4 is 5.73 Å². The molecule has 8 heteroatoms. The van der Waals surface area contributed by atoms with Gasteiger partial charge in [-0.2, -0.15) is 0 Å². The number of amides is 1. The smallest absolute Gasteiger partial charge is 0.294 e. The third-order valence-electron chi connectivity index (χ3n) is 3.34. The molecular weight excluding hydrogens is 284 g/mol. The van der Waals surface area contributed by atoms with E-state index in [1.807, 2.05) is 7.05 Å². The Bertz CT molecular complexity index is 556. The highest BCUT2D eigenvalue weighted by Gasteiger charge is 2.24. The lowest BCUT2D eigenvalue weighted by Gasteiger charge is -2.32. The number of nitrogens with two attached hydrogens (primary N) is 1. The lowest BCUT2D eigenvalue weighted by atomic mass is 10.1. The number of carbonyl (C=O) groups excluding carboxylic acids is 1. The molecular formula is C12H15ClN4O3. The maximum atomic E-state index is 12.3. The zero-order valence-corrected chi connectivity index (χ0v) is 11.8. The van der Waals surface area contributed by atoms with Crippen LogP contribution in [-0.2, 0) is 0 Å². The van der Waals surface area contributed by atoms with Crippen molar-refractivity contribution in [3.8, 4) is 0 Å². The van der Waals surface area contributed by atoms with Crippen molar-refractivity contribution in [1.29, 1.82) is 0 Å². The number of hydrogen-bond donors (Lipinski definition) is 1. The monoisotopic (exact) mass is 298 g/mol. The van der Waals surface area contributed by atoms with Crippen LogP contribution in [0.3, 0.4) is 0 Å². The number of likely N-dealkylation sites (N-methyl/N-ethyl adjacent to an activating group) is 1. The summed E-state index contributed by atoms with van der Waals surface area (Å²) in [6.07, 6.45) is 0. The Hall–Kier alpha value is -1.86. The predicted octanol–water partition coefficient (Wildman–Crippen LogP) is 1.22. The lowest BCUT2D eigenvalue weighted by Crippen LogP contribution is -2.47. The van der Waals surface area contributed by atoms with E-state index in [4.69, 9.17) is 17.3 Å². The molecule has 0 radical (unpaired) electrons. The summed E-state index contributed by atoms with van der Waals surface area (Å²) in [7, 11) is 1.98. The first-order valence-corrected chi connectivity index (χ1v) is 6.49. The average molecular weight is 299 g/mol. The minimum absolute atomic E-state index is 0.0247. The number of nitrogen functional groups attached to an aromatic ring is 1. The number of hydrogen-bond acceptors (Lipinski definition) is 5. The molecule has 0 unspecified atom stereocenters. The van der Waals surface area contributed by atoms with Crippen molar-refractivity contribution in [3.63, 3.8) is 0 Å². The molecule has 1 heterocycles. The van der Waals surface area contributed by atoms with Crippen molar-refractivity contribution >= 4 is 28.9 Å². The number of piperazine rings is 1. The molecule has 2 N–H and O–H groups in total. The molecule has 20 heavy (non-hydrogen) atoms. The molecule has 0 aromatic heterocycles. The van der Waals surface area contributed by atoms with Crippen LogP contribution in [0.4, 0.5) is 11.4 Å². The Morgan fingerprint density at radius 1 is 1.35 bits per heavy atom. The average Bonchev–Trinajstić information content (AvgIpc) is 2.41. The van der Waals surface area contributed by atoms with Crippen molar-refractivity contribution in [2.45, 2.75) is 0 Å². The highest BCUT2D eigenvalue weighted by Crippen LogP contribution is 2.31. The number of rotatable bonds is 2. The number of halogens is 1. The van der Waals surface area contributed by atoms with E-state index >= 15 is 0 Å². The van der Waals surface area contributed by atoms with Crippen LogP contribution in [0, 0.1) is 10.1 Å². The maximum absolute atomic E-state index is 12.3. The highest BCUT2D eigenvalue weighted by molar-refractivity contribution is 6.34. The summed E-state index contributed by atoms with van der Waals surface area (Å²) in [6, 6.07) is 2.56. The topological polar surface area (TPSA) is 92.7 Å². The fraction of sp³-hybridized carbons (Fsp3) is 0.417. The van der Waals surface area contributed by atoms with Gasteiger partial charge in [0.05, 0.1) is 9.95 Å². The Morgan fingerprint density at radius 3 is 2.50 bits per heavy atom. The van der Waals surface area contributed by atoms with Crippen molar-refractivity contribution in [3.05, 3.63) is 32.8 Å². The van der Waals surface area contributed by atoms with E-state index in [1.165, 1.54) is 12.1 Å². The van der Waals surface area contributed by atoms with Gasteiger partial charge >= 0.3 is 0 Å². The Morgan fingerprint density at radius 2 is 1.95 bits per heavy atom. The standard InChI is InChI=1S/C12H15ClN4O3/c1-15-2-4-16(5-3-15)12(18)8-6-9(13)11(14)10(7-8)17(19)20/h6-7H,2-5,14H2,1H3. The molecule has 1 amide bonds. The number of anilines is 1. The Balaban J connectivity index is 2.28. The molecule has 1 aliphatic heterocycles. The van der Waals surface area contributed by atoms with Gasteiger partial charge in [-0.05, 0) is 13.1 Å². The minimum atomic E-state index is -0.637. The van der Waals surface area contributed by atoms with E-state index in [0.29, 0.717) is 13.1 Å². The second-order valence-electron chi connectivity index (χ2n) is 4.74. The fourth-order valence-electron chi connectivity index (χ4n) is 2.07. The van der Waals surface area contributed by atoms with E-state index in [9.17, 15) is 14.9 Å².